The predicted octanol–water partition coefficient (Wildman–Crippen LogP) is 1.51. The minimum atomic E-state index is -0.987. The van der Waals surface area contributed by atoms with Crippen LogP contribution >= 0.6 is 11.8 Å². The lowest BCUT2D eigenvalue weighted by atomic mass is 10.1. The Hall–Kier alpha value is -2.26. The molecule has 0 heterocycles. The van der Waals surface area contributed by atoms with Gasteiger partial charge in [-0.25, -0.2) is 4.79 Å². The van der Waals surface area contributed by atoms with Crippen LogP contribution in [-0.2, 0) is 4.79 Å². The van der Waals surface area contributed by atoms with Crippen molar-refractivity contribution in [3.63, 3.8) is 0 Å². The number of hydrogen-bond acceptors (Lipinski definition) is 4. The lowest BCUT2D eigenvalue weighted by molar-refractivity contribution is -0.115. The number of nitrogens with two attached hydrogens (primary N) is 1. The molecule has 0 saturated heterocycles. The zero-order valence-corrected chi connectivity index (χ0v) is 10.5. The van der Waals surface area contributed by atoms with E-state index in [-0.39, 0.29) is 5.57 Å². The van der Waals surface area contributed by atoms with Crippen molar-refractivity contribution >= 4 is 29.8 Å². The molecule has 18 heavy (non-hydrogen) atoms. The SMILES string of the molecule is CSc1ccc(/C=C(/C#N)C(=O)NC(N)=O)cc1. The van der Waals surface area contributed by atoms with Crippen molar-refractivity contribution in [3.8, 4) is 6.07 Å². The highest BCUT2D eigenvalue weighted by atomic mass is 32.2. The molecule has 0 aliphatic carbocycles. The number of urea groups is 1. The smallest absolute Gasteiger partial charge is 0.319 e. The largest absolute Gasteiger partial charge is 0.351 e. The van der Waals surface area contributed by atoms with Crippen LogP contribution in [0.15, 0.2) is 34.7 Å². The second kappa shape index (κ2) is 6.47. The number of carbonyl (C=O) groups excluding carboxylic acids is 2. The summed E-state index contributed by atoms with van der Waals surface area (Å²) in [5.41, 5.74) is 5.33. The van der Waals surface area contributed by atoms with Crippen LogP contribution in [-0.4, -0.2) is 18.2 Å². The van der Waals surface area contributed by atoms with E-state index in [1.165, 1.54) is 6.08 Å². The topological polar surface area (TPSA) is 96.0 Å². The van der Waals surface area contributed by atoms with Gasteiger partial charge in [0.15, 0.2) is 0 Å². The maximum absolute atomic E-state index is 11.4. The first-order valence-corrected chi connectivity index (χ1v) is 6.16. The van der Waals surface area contributed by atoms with Crippen LogP contribution in [0.2, 0.25) is 0 Å². The second-order valence-corrected chi connectivity index (χ2v) is 4.14. The first-order chi connectivity index (χ1) is 8.56. The number of imide groups is 1. The Labute approximate surface area is 109 Å². The summed E-state index contributed by atoms with van der Waals surface area (Å²) in [6.07, 6.45) is 3.34. The molecule has 0 radical (unpaired) electrons. The maximum Gasteiger partial charge on any atom is 0.319 e. The number of amides is 3. The molecule has 5 nitrogen and oxygen atoms in total. The minimum absolute atomic E-state index is 0.175. The van der Waals surface area contributed by atoms with Crippen LogP contribution in [0, 0.1) is 11.3 Å². The van der Waals surface area contributed by atoms with Crippen LogP contribution in [0.1, 0.15) is 5.56 Å². The minimum Gasteiger partial charge on any atom is -0.351 e. The second-order valence-electron chi connectivity index (χ2n) is 3.26. The molecule has 0 fully saturated rings. The highest BCUT2D eigenvalue weighted by Gasteiger charge is 2.10. The molecule has 0 bridgehead atoms. The number of benzene rings is 1. The summed E-state index contributed by atoms with van der Waals surface area (Å²) in [6, 6.07) is 8.04. The molecule has 3 N–H and O–H groups in total. The number of nitrogens with one attached hydrogen (secondary N) is 1. The van der Waals surface area contributed by atoms with Gasteiger partial charge in [0.25, 0.3) is 5.91 Å². The number of nitriles is 1. The van der Waals surface area contributed by atoms with Gasteiger partial charge in [0.1, 0.15) is 11.6 Å². The van der Waals surface area contributed by atoms with Gasteiger partial charge in [-0.1, -0.05) is 12.1 Å². The molecule has 0 atom stereocenters. The lowest BCUT2D eigenvalue weighted by Gasteiger charge is -2.00. The van der Waals surface area contributed by atoms with E-state index in [1.807, 2.05) is 23.7 Å². The van der Waals surface area contributed by atoms with Gasteiger partial charge in [-0.05, 0) is 30.0 Å². The van der Waals surface area contributed by atoms with Gasteiger partial charge in [-0.15, -0.1) is 11.8 Å². The van der Waals surface area contributed by atoms with Crippen LogP contribution in [0.4, 0.5) is 4.79 Å². The van der Waals surface area contributed by atoms with E-state index in [1.54, 1.807) is 30.0 Å². The van der Waals surface area contributed by atoms with E-state index in [4.69, 9.17) is 11.0 Å². The molecule has 1 aromatic carbocycles. The standard InChI is InChI=1S/C12H11N3O2S/c1-18-10-4-2-8(3-5-10)6-9(7-13)11(16)15-12(14)17/h2-6H,1H3,(H3,14,15,16,17)/b9-6-. The van der Waals surface area contributed by atoms with Crippen LogP contribution in [0.3, 0.4) is 0 Å². The summed E-state index contributed by atoms with van der Waals surface area (Å²) in [5.74, 6) is -0.807. The highest BCUT2D eigenvalue weighted by molar-refractivity contribution is 7.98. The van der Waals surface area contributed by atoms with E-state index in [0.29, 0.717) is 5.56 Å². The highest BCUT2D eigenvalue weighted by Crippen LogP contribution is 2.16. The van der Waals surface area contributed by atoms with E-state index < -0.39 is 11.9 Å². The Morgan fingerprint density at radius 2 is 2.00 bits per heavy atom. The van der Waals surface area contributed by atoms with E-state index >= 15 is 0 Å². The Morgan fingerprint density at radius 1 is 1.39 bits per heavy atom. The number of rotatable bonds is 3. The fraction of sp³-hybridized carbons (Fsp3) is 0.0833. The summed E-state index contributed by atoms with van der Waals surface area (Å²) < 4.78 is 0. The Balaban J connectivity index is 2.93. The van der Waals surface area contributed by atoms with Crippen molar-refractivity contribution < 1.29 is 9.59 Å². The zero-order chi connectivity index (χ0) is 13.5. The normalized spacial score (nSPS) is 10.6. The van der Waals surface area contributed by atoms with Crippen LogP contribution in [0.25, 0.3) is 6.08 Å². The summed E-state index contributed by atoms with van der Waals surface area (Å²) >= 11 is 1.59. The van der Waals surface area contributed by atoms with Crippen molar-refractivity contribution in [2.45, 2.75) is 4.90 Å². The quantitative estimate of drug-likeness (QED) is 0.489. The molecule has 1 aromatic rings. The fourth-order valence-corrected chi connectivity index (χ4v) is 1.60. The third kappa shape index (κ3) is 3.96. The number of carbonyl (C=O) groups is 2. The molecule has 6 heteroatoms. The van der Waals surface area contributed by atoms with E-state index in [2.05, 4.69) is 0 Å². The lowest BCUT2D eigenvalue weighted by Crippen LogP contribution is -2.35. The molecule has 3 amide bonds. The summed E-state index contributed by atoms with van der Waals surface area (Å²) in [4.78, 5) is 23.0. The summed E-state index contributed by atoms with van der Waals surface area (Å²) in [5, 5.41) is 10.7. The maximum atomic E-state index is 11.4. The van der Waals surface area contributed by atoms with Gasteiger partial charge in [0.05, 0.1) is 0 Å². The number of thioether (sulfide) groups is 1. The summed E-state index contributed by atoms with van der Waals surface area (Å²) in [7, 11) is 0. The molecule has 0 unspecified atom stereocenters. The third-order valence-electron chi connectivity index (χ3n) is 2.03. The molecule has 1 rings (SSSR count). The number of nitrogens with zero attached hydrogens (tertiary/aromatic N) is 1. The molecule has 0 spiro atoms. The molecular weight excluding hydrogens is 250 g/mol. The first kappa shape index (κ1) is 13.8. The molecule has 0 aliphatic heterocycles. The van der Waals surface area contributed by atoms with Crippen LogP contribution < -0.4 is 11.1 Å². The average Bonchev–Trinajstić information content (AvgIpc) is 2.35. The monoisotopic (exact) mass is 261 g/mol. The van der Waals surface area contributed by atoms with Crippen molar-refractivity contribution in [3.05, 3.63) is 35.4 Å². The Kier molecular flexibility index (Phi) is 4.96. The van der Waals surface area contributed by atoms with E-state index in [9.17, 15) is 9.59 Å². The number of hydrogen-bond donors (Lipinski definition) is 2. The van der Waals surface area contributed by atoms with Crippen molar-refractivity contribution in [2.24, 2.45) is 5.73 Å². The van der Waals surface area contributed by atoms with Gasteiger partial charge < -0.3 is 5.73 Å². The molecule has 0 saturated carbocycles. The van der Waals surface area contributed by atoms with Gasteiger partial charge in [0.2, 0.25) is 0 Å². The van der Waals surface area contributed by atoms with Crippen LogP contribution in [0.5, 0.6) is 0 Å². The first-order valence-electron chi connectivity index (χ1n) is 4.93. The van der Waals surface area contributed by atoms with Crippen molar-refractivity contribution in [2.75, 3.05) is 6.26 Å². The third-order valence-corrected chi connectivity index (χ3v) is 2.77. The van der Waals surface area contributed by atoms with Crippen molar-refractivity contribution in [1.29, 1.82) is 5.26 Å². The average molecular weight is 261 g/mol. The van der Waals surface area contributed by atoms with Crippen molar-refractivity contribution in [1.82, 2.24) is 5.32 Å². The molecule has 92 valence electrons. The van der Waals surface area contributed by atoms with Gasteiger partial charge in [-0.3, -0.25) is 10.1 Å². The zero-order valence-electron chi connectivity index (χ0n) is 9.64. The molecule has 0 aromatic heterocycles. The molecule has 0 aliphatic rings. The molecular formula is C12H11N3O2S. The Morgan fingerprint density at radius 3 is 2.44 bits per heavy atom. The Bertz CT molecular complexity index is 529. The summed E-state index contributed by atoms with van der Waals surface area (Å²) in [6.45, 7) is 0. The van der Waals surface area contributed by atoms with Gasteiger partial charge in [0, 0.05) is 4.90 Å². The number of primary amides is 1. The van der Waals surface area contributed by atoms with Gasteiger partial charge in [-0.2, -0.15) is 5.26 Å². The fourth-order valence-electron chi connectivity index (χ4n) is 1.19. The predicted molar refractivity (Wildman–Crippen MR) is 69.5 cm³/mol. The van der Waals surface area contributed by atoms with Gasteiger partial charge >= 0.3 is 6.03 Å². The van der Waals surface area contributed by atoms with E-state index in [0.717, 1.165) is 4.90 Å².